The van der Waals surface area contributed by atoms with E-state index < -0.39 is 53.9 Å². The van der Waals surface area contributed by atoms with E-state index >= 15 is 4.39 Å². The van der Waals surface area contributed by atoms with Crippen LogP contribution in [0.4, 0.5) is 18.9 Å². The lowest BCUT2D eigenvalue weighted by atomic mass is 9.60. The molecule has 0 aromatic heterocycles. The van der Waals surface area contributed by atoms with Gasteiger partial charge in [-0.05, 0) is 93.0 Å². The molecular formula is C32H38Cl2F3N3O3. The highest BCUT2D eigenvalue weighted by molar-refractivity contribution is 6.31. The second kappa shape index (κ2) is 13.3. The summed E-state index contributed by atoms with van der Waals surface area (Å²) in [6, 6.07) is 8.22. The van der Waals surface area contributed by atoms with Crippen molar-refractivity contribution in [2.24, 2.45) is 5.92 Å². The second-order valence-electron chi connectivity index (χ2n) is 12.3. The van der Waals surface area contributed by atoms with E-state index in [2.05, 4.69) is 16.0 Å². The van der Waals surface area contributed by atoms with Crippen LogP contribution in [0.5, 0.6) is 0 Å². The van der Waals surface area contributed by atoms with E-state index in [1.165, 1.54) is 6.07 Å². The third-order valence-corrected chi connectivity index (χ3v) is 10.2. The van der Waals surface area contributed by atoms with Gasteiger partial charge in [0.15, 0.2) is 0 Å². The highest BCUT2D eigenvalue weighted by atomic mass is 35.5. The molecule has 2 heterocycles. The van der Waals surface area contributed by atoms with E-state index in [1.54, 1.807) is 30.3 Å². The molecule has 1 saturated heterocycles. The molecule has 4 N–H and O–H groups in total. The summed E-state index contributed by atoms with van der Waals surface area (Å²) in [5.74, 6) is -2.43. The maximum Gasteiger partial charge on any atom is 0.238 e. The van der Waals surface area contributed by atoms with Crippen LogP contribution in [0.3, 0.4) is 0 Å². The van der Waals surface area contributed by atoms with E-state index in [1.807, 2.05) is 0 Å². The first-order valence-electron chi connectivity index (χ1n) is 15.0. The Morgan fingerprint density at radius 1 is 1.05 bits per heavy atom. The fraction of sp³-hybridized carbons (Fsp3) is 0.562. The topological polar surface area (TPSA) is 90.5 Å². The molecule has 0 bridgehead atoms. The molecule has 1 aliphatic carbocycles. The minimum atomic E-state index is -1.50. The number of carbonyl (C=O) groups is 2. The Balaban J connectivity index is 1.68. The zero-order valence-electron chi connectivity index (χ0n) is 23.9. The maximum absolute atomic E-state index is 16.3. The van der Waals surface area contributed by atoms with Crippen molar-refractivity contribution in [3.05, 3.63) is 63.4 Å². The highest BCUT2D eigenvalue weighted by Crippen LogP contribution is 2.57. The van der Waals surface area contributed by atoms with Gasteiger partial charge >= 0.3 is 0 Å². The molecule has 6 nitrogen and oxygen atoms in total. The number of benzene rings is 2. The predicted octanol–water partition coefficient (Wildman–Crippen LogP) is 6.37. The van der Waals surface area contributed by atoms with E-state index in [-0.39, 0.29) is 61.3 Å². The monoisotopic (exact) mass is 639 g/mol. The fourth-order valence-electron chi connectivity index (χ4n) is 7.76. The SMILES string of the molecule is O=C1Nc2cc(Cl)ccc2C1[C@@]1(c2cccc(Cl)c2F)CC(CCCF)(CCCF)N[C@H]1C(=O)NC1CCC(CO)CC1. The molecule has 1 unspecified atom stereocenters. The van der Waals surface area contributed by atoms with Gasteiger partial charge in [0.25, 0.3) is 0 Å². The molecule has 5 rings (SSSR count). The molecule has 1 saturated carbocycles. The minimum Gasteiger partial charge on any atom is -0.396 e. The van der Waals surface area contributed by atoms with Gasteiger partial charge in [0.2, 0.25) is 11.8 Å². The van der Waals surface area contributed by atoms with Crippen LogP contribution in [0.1, 0.15) is 74.8 Å². The average Bonchev–Trinajstić information content (AvgIpc) is 3.51. The van der Waals surface area contributed by atoms with E-state index in [4.69, 9.17) is 23.2 Å². The summed E-state index contributed by atoms with van der Waals surface area (Å²) < 4.78 is 43.5. The smallest absolute Gasteiger partial charge is 0.238 e. The third kappa shape index (κ3) is 6.15. The van der Waals surface area contributed by atoms with Gasteiger partial charge in [0.1, 0.15) is 5.82 Å². The predicted molar refractivity (Wildman–Crippen MR) is 162 cm³/mol. The highest BCUT2D eigenvalue weighted by Gasteiger charge is 2.64. The van der Waals surface area contributed by atoms with Gasteiger partial charge < -0.3 is 15.7 Å². The third-order valence-electron chi connectivity index (χ3n) is 9.70. The molecule has 11 heteroatoms. The molecular weight excluding hydrogens is 602 g/mol. The Morgan fingerprint density at radius 3 is 2.40 bits per heavy atom. The van der Waals surface area contributed by atoms with E-state index in [9.17, 15) is 23.5 Å². The van der Waals surface area contributed by atoms with Crippen LogP contribution in [0, 0.1) is 11.7 Å². The standard InChI is InChI=1S/C32H38Cl2F3N3O3/c33-20-8-11-22-25(16-20)39-29(42)26(22)32(23-4-1-5-24(34)27(23)37)18-31(12-2-14-35,13-3-15-36)40-28(32)30(43)38-21-9-6-19(17-41)7-10-21/h1,4-5,8,11,16,19,21,26,28,40-41H,2-3,6-7,9-10,12-15,17-18H2,(H,38,43)(H,39,42)/t19?,21?,26?,28-,32-/m0/s1. The lowest BCUT2D eigenvalue weighted by molar-refractivity contribution is -0.126. The first-order valence-corrected chi connectivity index (χ1v) is 15.8. The van der Waals surface area contributed by atoms with Crippen LogP contribution in [-0.4, -0.2) is 54.5 Å². The Labute approximate surface area is 260 Å². The zero-order chi connectivity index (χ0) is 30.8. The van der Waals surface area contributed by atoms with Crippen molar-refractivity contribution in [3.8, 4) is 0 Å². The van der Waals surface area contributed by atoms with Crippen molar-refractivity contribution in [3.63, 3.8) is 0 Å². The molecule has 2 aromatic carbocycles. The largest absolute Gasteiger partial charge is 0.396 e. The van der Waals surface area contributed by atoms with Crippen LogP contribution < -0.4 is 16.0 Å². The van der Waals surface area contributed by atoms with Crippen molar-refractivity contribution in [2.45, 2.75) is 86.7 Å². The molecule has 234 valence electrons. The van der Waals surface area contributed by atoms with Crippen molar-refractivity contribution < 1.29 is 27.9 Å². The quantitative estimate of drug-likeness (QED) is 0.230. The lowest BCUT2D eigenvalue weighted by Crippen LogP contribution is -2.58. The summed E-state index contributed by atoms with van der Waals surface area (Å²) in [6.45, 7) is -1.14. The normalized spacial score (nSPS) is 28.0. The summed E-state index contributed by atoms with van der Waals surface area (Å²) in [4.78, 5) is 28.4. The van der Waals surface area contributed by atoms with Crippen LogP contribution in [0.15, 0.2) is 36.4 Å². The summed E-state index contributed by atoms with van der Waals surface area (Å²) in [5.41, 5.74) is -1.34. The Hall–Kier alpha value is -2.33. The Bertz CT molecular complexity index is 1330. The van der Waals surface area contributed by atoms with Gasteiger partial charge in [-0.3, -0.25) is 23.7 Å². The van der Waals surface area contributed by atoms with E-state index in [0.717, 1.165) is 12.8 Å². The summed E-state index contributed by atoms with van der Waals surface area (Å²) in [7, 11) is 0. The molecule has 2 fully saturated rings. The van der Waals surface area contributed by atoms with Gasteiger partial charge in [0.05, 0.1) is 30.3 Å². The van der Waals surface area contributed by atoms with Gasteiger partial charge in [-0.1, -0.05) is 41.4 Å². The number of hydrogen-bond acceptors (Lipinski definition) is 4. The van der Waals surface area contributed by atoms with Crippen molar-refractivity contribution >= 4 is 40.7 Å². The number of nitrogens with one attached hydrogen (secondary N) is 3. The molecule has 3 aliphatic rings. The minimum absolute atomic E-state index is 0.0761. The molecule has 0 radical (unpaired) electrons. The van der Waals surface area contributed by atoms with Crippen molar-refractivity contribution in [1.82, 2.24) is 10.6 Å². The number of fused-ring (bicyclic) bond motifs is 1. The maximum atomic E-state index is 16.3. The molecule has 0 spiro atoms. The molecule has 2 amide bonds. The fourth-order valence-corrected chi connectivity index (χ4v) is 8.11. The van der Waals surface area contributed by atoms with Gasteiger partial charge in [-0.25, -0.2) is 4.39 Å². The zero-order valence-corrected chi connectivity index (χ0v) is 25.4. The number of aliphatic hydroxyl groups is 1. The second-order valence-corrected chi connectivity index (χ2v) is 13.2. The summed E-state index contributed by atoms with van der Waals surface area (Å²) in [6.07, 6.45) is 3.75. The van der Waals surface area contributed by atoms with Crippen LogP contribution in [0.25, 0.3) is 0 Å². The molecule has 2 aliphatic heterocycles. The number of aliphatic hydroxyl groups excluding tert-OH is 1. The number of alkyl halides is 2. The lowest BCUT2D eigenvalue weighted by Gasteiger charge is -2.40. The average molecular weight is 641 g/mol. The first-order chi connectivity index (χ1) is 20.7. The van der Waals surface area contributed by atoms with Crippen LogP contribution in [-0.2, 0) is 15.0 Å². The van der Waals surface area contributed by atoms with Crippen LogP contribution in [0.2, 0.25) is 10.0 Å². The number of halogens is 5. The number of hydrogen-bond donors (Lipinski definition) is 4. The number of rotatable bonds is 11. The van der Waals surface area contributed by atoms with Gasteiger partial charge in [-0.15, -0.1) is 0 Å². The molecule has 2 aromatic rings. The Kier molecular flexibility index (Phi) is 9.96. The van der Waals surface area contributed by atoms with E-state index in [0.29, 0.717) is 29.1 Å². The van der Waals surface area contributed by atoms with Crippen molar-refractivity contribution in [1.29, 1.82) is 0 Å². The number of amides is 2. The summed E-state index contributed by atoms with van der Waals surface area (Å²) >= 11 is 12.6. The number of carbonyl (C=O) groups excluding carboxylic acids is 2. The van der Waals surface area contributed by atoms with Crippen LogP contribution >= 0.6 is 23.2 Å². The number of anilines is 1. The summed E-state index contributed by atoms with van der Waals surface area (Å²) in [5, 5.41) is 19.3. The van der Waals surface area contributed by atoms with Gasteiger partial charge in [0, 0.05) is 34.3 Å². The first kappa shape index (κ1) is 32.1. The van der Waals surface area contributed by atoms with Crippen molar-refractivity contribution in [2.75, 3.05) is 25.3 Å². The Morgan fingerprint density at radius 2 is 1.74 bits per heavy atom. The van der Waals surface area contributed by atoms with Gasteiger partial charge in [-0.2, -0.15) is 0 Å². The molecule has 3 atom stereocenters. The molecule has 43 heavy (non-hydrogen) atoms.